The molecule has 0 radical (unpaired) electrons. The summed E-state index contributed by atoms with van der Waals surface area (Å²) < 4.78 is 3.59. The van der Waals surface area contributed by atoms with Gasteiger partial charge in [-0.25, -0.2) is 4.98 Å². The van der Waals surface area contributed by atoms with E-state index in [0.29, 0.717) is 11.3 Å². The zero-order valence-corrected chi connectivity index (χ0v) is 12.6. The summed E-state index contributed by atoms with van der Waals surface area (Å²) in [5, 5.41) is 0. The molecule has 0 spiro atoms. The number of halogens is 1. The molecular weight excluding hydrogens is 324 g/mol. The molecule has 0 aliphatic rings. The molecule has 0 bridgehead atoms. The molecule has 4 nitrogen and oxygen atoms in total. The number of pyridine rings is 2. The van der Waals surface area contributed by atoms with E-state index >= 15 is 0 Å². The van der Waals surface area contributed by atoms with Gasteiger partial charge in [0.1, 0.15) is 0 Å². The van der Waals surface area contributed by atoms with Gasteiger partial charge >= 0.3 is 0 Å². The van der Waals surface area contributed by atoms with Gasteiger partial charge in [0.15, 0.2) is 10.4 Å². The first-order valence-corrected chi connectivity index (χ1v) is 6.99. The van der Waals surface area contributed by atoms with Crippen molar-refractivity contribution in [1.82, 2.24) is 19.5 Å². The summed E-state index contributed by atoms with van der Waals surface area (Å²) in [5.74, 6) is 0. The van der Waals surface area contributed by atoms with Crippen LogP contribution in [0.15, 0.2) is 35.2 Å². The van der Waals surface area contributed by atoms with Crippen molar-refractivity contribution in [3.63, 3.8) is 0 Å². The second-order valence-corrected chi connectivity index (χ2v) is 5.65. The number of aromatic amines is 1. The van der Waals surface area contributed by atoms with Gasteiger partial charge in [-0.3, -0.25) is 9.55 Å². The largest absolute Gasteiger partial charge is 0.329 e. The molecule has 19 heavy (non-hydrogen) atoms. The molecule has 3 aromatic heterocycles. The fourth-order valence-electron chi connectivity index (χ4n) is 2.00. The molecule has 0 fully saturated rings. The summed E-state index contributed by atoms with van der Waals surface area (Å²) in [6.45, 7) is 2.74. The maximum Gasteiger partial charge on any atom is 0.179 e. The third kappa shape index (κ3) is 2.33. The minimum Gasteiger partial charge on any atom is -0.329 e. The highest BCUT2D eigenvalue weighted by Crippen LogP contribution is 2.18. The van der Waals surface area contributed by atoms with Crippen LogP contribution in [0.25, 0.3) is 11.2 Å². The maximum absolute atomic E-state index is 5.37. The van der Waals surface area contributed by atoms with Crippen LogP contribution in [0, 0.1) is 11.7 Å². The predicted octanol–water partition coefficient (Wildman–Crippen LogP) is 3.61. The smallest absolute Gasteiger partial charge is 0.179 e. The van der Waals surface area contributed by atoms with Crippen LogP contribution >= 0.6 is 28.1 Å². The minimum absolute atomic E-state index is 0.670. The quantitative estimate of drug-likeness (QED) is 0.728. The molecule has 0 unspecified atom stereocenters. The average Bonchev–Trinajstić information content (AvgIpc) is 2.68. The molecule has 1 N–H and O–H groups in total. The van der Waals surface area contributed by atoms with Crippen LogP contribution in [0.3, 0.4) is 0 Å². The molecule has 0 aliphatic heterocycles. The first-order valence-electron chi connectivity index (χ1n) is 5.79. The van der Waals surface area contributed by atoms with E-state index in [9.17, 15) is 0 Å². The topological polar surface area (TPSA) is 46.5 Å². The van der Waals surface area contributed by atoms with Crippen molar-refractivity contribution in [1.29, 1.82) is 0 Å². The van der Waals surface area contributed by atoms with Crippen molar-refractivity contribution in [2.45, 2.75) is 13.5 Å². The number of imidazole rings is 1. The fraction of sp³-hybridized carbons (Fsp3) is 0.154. The summed E-state index contributed by atoms with van der Waals surface area (Å²) in [7, 11) is 0. The molecule has 6 heteroatoms. The molecule has 0 amide bonds. The van der Waals surface area contributed by atoms with Gasteiger partial charge in [-0.2, -0.15) is 0 Å². The minimum atomic E-state index is 0.670. The molecule has 96 valence electrons. The molecule has 0 aromatic carbocycles. The Morgan fingerprint density at radius 3 is 3.05 bits per heavy atom. The molecule has 0 saturated carbocycles. The monoisotopic (exact) mass is 334 g/mol. The van der Waals surface area contributed by atoms with Gasteiger partial charge in [-0.05, 0) is 58.3 Å². The van der Waals surface area contributed by atoms with Crippen LogP contribution < -0.4 is 0 Å². The van der Waals surface area contributed by atoms with Gasteiger partial charge in [0.2, 0.25) is 0 Å². The SMILES string of the molecule is Cc1ccncc1Cn1c(=S)[nH]c2cc(Br)cnc21. The lowest BCUT2D eigenvalue weighted by Gasteiger charge is -2.06. The van der Waals surface area contributed by atoms with E-state index in [1.807, 2.05) is 22.9 Å². The van der Waals surface area contributed by atoms with Crippen molar-refractivity contribution >= 4 is 39.3 Å². The molecular formula is C13H11BrN4S. The molecule has 3 rings (SSSR count). The van der Waals surface area contributed by atoms with Gasteiger partial charge < -0.3 is 4.98 Å². The second kappa shape index (κ2) is 4.86. The van der Waals surface area contributed by atoms with Gasteiger partial charge in [0, 0.05) is 23.1 Å². The van der Waals surface area contributed by atoms with E-state index in [1.54, 1.807) is 12.4 Å². The lowest BCUT2D eigenvalue weighted by atomic mass is 10.1. The normalized spacial score (nSPS) is 11.1. The molecule has 0 atom stereocenters. The van der Waals surface area contributed by atoms with Crippen LogP contribution in [0.1, 0.15) is 11.1 Å². The molecule has 3 heterocycles. The molecule has 0 saturated heterocycles. The first kappa shape index (κ1) is 12.5. The van der Waals surface area contributed by atoms with Gasteiger partial charge in [-0.15, -0.1) is 0 Å². The summed E-state index contributed by atoms with van der Waals surface area (Å²) in [6, 6.07) is 3.97. The standard InChI is InChI=1S/C13H11BrN4S/c1-8-2-3-15-5-9(8)7-18-12-11(17-13(18)19)4-10(14)6-16-12/h2-6H,7H2,1H3,(H,17,19). The number of hydrogen-bond donors (Lipinski definition) is 1. The second-order valence-electron chi connectivity index (χ2n) is 4.34. The highest BCUT2D eigenvalue weighted by molar-refractivity contribution is 9.10. The van der Waals surface area contributed by atoms with E-state index in [4.69, 9.17) is 12.2 Å². The zero-order chi connectivity index (χ0) is 13.4. The van der Waals surface area contributed by atoms with E-state index < -0.39 is 0 Å². The number of nitrogens with one attached hydrogen (secondary N) is 1. The Balaban J connectivity index is 2.13. The fourth-order valence-corrected chi connectivity index (χ4v) is 2.59. The van der Waals surface area contributed by atoms with Crippen molar-refractivity contribution in [3.05, 3.63) is 51.1 Å². The number of fused-ring (bicyclic) bond motifs is 1. The Morgan fingerprint density at radius 1 is 1.42 bits per heavy atom. The van der Waals surface area contributed by atoms with Crippen molar-refractivity contribution in [3.8, 4) is 0 Å². The van der Waals surface area contributed by atoms with Crippen molar-refractivity contribution in [2.75, 3.05) is 0 Å². The lowest BCUT2D eigenvalue weighted by molar-refractivity contribution is 0.791. The Labute approximate surface area is 123 Å². The molecule has 0 aliphatic carbocycles. The number of nitrogens with zero attached hydrogens (tertiary/aromatic N) is 3. The van der Waals surface area contributed by atoms with Crippen molar-refractivity contribution < 1.29 is 0 Å². The van der Waals surface area contributed by atoms with Crippen LogP contribution in [0.2, 0.25) is 0 Å². The van der Waals surface area contributed by atoms with Crippen LogP contribution in [-0.4, -0.2) is 19.5 Å². The van der Waals surface area contributed by atoms with Crippen LogP contribution in [0.5, 0.6) is 0 Å². The molecule has 3 aromatic rings. The first-order chi connectivity index (χ1) is 9.15. The summed E-state index contributed by atoms with van der Waals surface area (Å²) in [6.07, 6.45) is 5.44. The van der Waals surface area contributed by atoms with Crippen molar-refractivity contribution in [2.24, 2.45) is 0 Å². The summed E-state index contributed by atoms with van der Waals surface area (Å²) in [5.41, 5.74) is 4.13. The highest BCUT2D eigenvalue weighted by atomic mass is 79.9. The Bertz CT molecular complexity index is 806. The number of aromatic nitrogens is 4. The lowest BCUT2D eigenvalue weighted by Crippen LogP contribution is -2.03. The number of aryl methyl sites for hydroxylation is 1. The summed E-state index contributed by atoms with van der Waals surface area (Å²) in [4.78, 5) is 11.8. The van der Waals surface area contributed by atoms with Crippen LogP contribution in [0.4, 0.5) is 0 Å². The number of rotatable bonds is 2. The zero-order valence-electron chi connectivity index (χ0n) is 10.2. The van der Waals surface area contributed by atoms with E-state index in [2.05, 4.69) is 37.8 Å². The van der Waals surface area contributed by atoms with E-state index in [1.165, 1.54) is 5.56 Å². The van der Waals surface area contributed by atoms with Gasteiger partial charge in [-0.1, -0.05) is 0 Å². The van der Waals surface area contributed by atoms with E-state index in [-0.39, 0.29) is 0 Å². The Kier molecular flexibility index (Phi) is 3.20. The highest BCUT2D eigenvalue weighted by Gasteiger charge is 2.08. The Morgan fingerprint density at radius 2 is 2.26 bits per heavy atom. The van der Waals surface area contributed by atoms with Crippen LogP contribution in [-0.2, 0) is 6.54 Å². The third-order valence-corrected chi connectivity index (χ3v) is 3.81. The Hall–Kier alpha value is -1.53. The van der Waals surface area contributed by atoms with Gasteiger partial charge in [0.05, 0.1) is 12.1 Å². The maximum atomic E-state index is 5.37. The average molecular weight is 335 g/mol. The van der Waals surface area contributed by atoms with E-state index in [0.717, 1.165) is 21.2 Å². The van der Waals surface area contributed by atoms with Gasteiger partial charge in [0.25, 0.3) is 0 Å². The predicted molar refractivity (Wildman–Crippen MR) is 80.7 cm³/mol. The third-order valence-electron chi connectivity index (χ3n) is 3.05. The summed E-state index contributed by atoms with van der Waals surface area (Å²) >= 11 is 8.78. The number of hydrogen-bond acceptors (Lipinski definition) is 3. The number of H-pyrrole nitrogens is 1.